The first-order valence-electron chi connectivity index (χ1n) is 9.22. The van der Waals surface area contributed by atoms with Crippen LogP contribution in [0.15, 0.2) is 72.2 Å². The highest BCUT2D eigenvalue weighted by Gasteiger charge is 2.16. The largest absolute Gasteiger partial charge is 0.487 e. The lowest BCUT2D eigenvalue weighted by Gasteiger charge is -2.15. The fourth-order valence-electron chi connectivity index (χ4n) is 2.86. The molecule has 1 unspecified atom stereocenters. The molecule has 3 aromatic heterocycles. The van der Waals surface area contributed by atoms with Crippen LogP contribution in [0.4, 0.5) is 0 Å². The zero-order valence-corrected chi connectivity index (χ0v) is 16.6. The monoisotopic (exact) mass is 404 g/mol. The summed E-state index contributed by atoms with van der Waals surface area (Å²) in [5, 5.41) is 12.0. The molecule has 3 heterocycles. The van der Waals surface area contributed by atoms with Crippen molar-refractivity contribution in [3.8, 4) is 16.3 Å². The van der Waals surface area contributed by atoms with E-state index in [1.165, 1.54) is 0 Å². The zero-order valence-electron chi connectivity index (χ0n) is 15.8. The smallest absolute Gasteiger partial charge is 0.272 e. The number of H-pyrrole nitrogens is 1. The molecular weight excluding hydrogens is 384 g/mol. The van der Waals surface area contributed by atoms with E-state index in [1.807, 2.05) is 66.9 Å². The SMILES string of the molecule is CC(NC(=O)c1cc(-c2cccs2)[nH]n1)c1cccc(OCc2ccccn2)c1. The van der Waals surface area contributed by atoms with Gasteiger partial charge in [-0.2, -0.15) is 5.10 Å². The molecule has 29 heavy (non-hydrogen) atoms. The summed E-state index contributed by atoms with van der Waals surface area (Å²) in [6.07, 6.45) is 1.74. The highest BCUT2D eigenvalue weighted by atomic mass is 32.1. The molecule has 0 aliphatic carbocycles. The molecule has 0 saturated heterocycles. The number of carbonyl (C=O) groups excluding carboxylic acids is 1. The second-order valence-electron chi connectivity index (χ2n) is 6.52. The molecule has 1 atom stereocenters. The van der Waals surface area contributed by atoms with Crippen molar-refractivity contribution in [3.63, 3.8) is 0 Å². The van der Waals surface area contributed by atoms with Crippen molar-refractivity contribution in [1.29, 1.82) is 0 Å². The molecule has 0 spiro atoms. The Hall–Kier alpha value is -3.45. The number of ether oxygens (including phenoxy) is 1. The molecule has 0 aliphatic heterocycles. The summed E-state index contributed by atoms with van der Waals surface area (Å²) in [5.41, 5.74) is 3.01. The molecule has 0 saturated carbocycles. The van der Waals surface area contributed by atoms with Gasteiger partial charge in [-0.3, -0.25) is 14.9 Å². The standard InChI is InChI=1S/C22H20N4O2S/c1-15(24-22(27)20-13-19(25-26-20)21-9-5-11-29-21)16-6-4-8-18(12-16)28-14-17-7-2-3-10-23-17/h2-13,15H,14H2,1H3,(H,24,27)(H,25,26). The minimum Gasteiger partial charge on any atom is -0.487 e. The quantitative estimate of drug-likeness (QED) is 0.472. The number of benzene rings is 1. The summed E-state index contributed by atoms with van der Waals surface area (Å²) in [7, 11) is 0. The Morgan fingerprint density at radius 1 is 1.17 bits per heavy atom. The third kappa shape index (κ3) is 4.70. The van der Waals surface area contributed by atoms with E-state index in [-0.39, 0.29) is 11.9 Å². The van der Waals surface area contributed by atoms with Crippen LogP contribution in [0, 0.1) is 0 Å². The number of nitrogens with one attached hydrogen (secondary N) is 2. The number of amides is 1. The molecule has 4 aromatic rings. The van der Waals surface area contributed by atoms with Crippen LogP contribution in [-0.2, 0) is 6.61 Å². The van der Waals surface area contributed by atoms with Crippen molar-refractivity contribution in [3.05, 3.63) is 89.2 Å². The van der Waals surface area contributed by atoms with Gasteiger partial charge < -0.3 is 10.1 Å². The van der Waals surface area contributed by atoms with Crippen molar-refractivity contribution >= 4 is 17.2 Å². The summed E-state index contributed by atoms with van der Waals surface area (Å²) < 4.78 is 5.83. The van der Waals surface area contributed by atoms with Crippen molar-refractivity contribution < 1.29 is 9.53 Å². The Balaban J connectivity index is 1.39. The van der Waals surface area contributed by atoms with Gasteiger partial charge in [-0.25, -0.2) is 0 Å². The normalized spacial score (nSPS) is 11.8. The maximum Gasteiger partial charge on any atom is 0.272 e. The first-order valence-corrected chi connectivity index (χ1v) is 10.1. The number of aromatic amines is 1. The van der Waals surface area contributed by atoms with Crippen LogP contribution in [0.1, 0.15) is 34.7 Å². The van der Waals surface area contributed by atoms with Crippen LogP contribution in [-0.4, -0.2) is 21.1 Å². The highest BCUT2D eigenvalue weighted by Crippen LogP contribution is 2.24. The maximum atomic E-state index is 12.6. The van der Waals surface area contributed by atoms with E-state index >= 15 is 0 Å². The number of thiophene rings is 1. The molecule has 146 valence electrons. The van der Waals surface area contributed by atoms with Gasteiger partial charge in [0.05, 0.1) is 22.3 Å². The fraction of sp³-hybridized carbons (Fsp3) is 0.136. The van der Waals surface area contributed by atoms with Crippen molar-refractivity contribution in [2.24, 2.45) is 0 Å². The number of hydrogen-bond donors (Lipinski definition) is 2. The highest BCUT2D eigenvalue weighted by molar-refractivity contribution is 7.13. The fourth-order valence-corrected chi connectivity index (χ4v) is 3.56. The second-order valence-corrected chi connectivity index (χ2v) is 7.47. The number of pyridine rings is 1. The number of nitrogens with zero attached hydrogens (tertiary/aromatic N) is 2. The number of carbonyl (C=O) groups is 1. The van der Waals surface area contributed by atoms with Gasteiger partial charge in [-0.1, -0.05) is 24.3 Å². The second kappa shape index (κ2) is 8.70. The average molecular weight is 404 g/mol. The molecule has 2 N–H and O–H groups in total. The topological polar surface area (TPSA) is 79.9 Å². The molecular formula is C22H20N4O2S. The lowest BCUT2D eigenvalue weighted by atomic mass is 10.1. The van der Waals surface area contributed by atoms with E-state index < -0.39 is 0 Å². The van der Waals surface area contributed by atoms with E-state index in [0.29, 0.717) is 12.3 Å². The van der Waals surface area contributed by atoms with Gasteiger partial charge in [0.15, 0.2) is 5.69 Å². The van der Waals surface area contributed by atoms with Crippen LogP contribution in [0.25, 0.3) is 10.6 Å². The lowest BCUT2D eigenvalue weighted by molar-refractivity contribution is 0.0934. The molecule has 0 bridgehead atoms. The molecule has 7 heteroatoms. The van der Waals surface area contributed by atoms with Crippen LogP contribution >= 0.6 is 11.3 Å². The van der Waals surface area contributed by atoms with Gasteiger partial charge in [-0.15, -0.1) is 11.3 Å². The summed E-state index contributed by atoms with van der Waals surface area (Å²) in [4.78, 5) is 17.9. The third-order valence-electron chi connectivity index (χ3n) is 4.42. The molecule has 0 radical (unpaired) electrons. The van der Waals surface area contributed by atoms with Gasteiger partial charge in [0.25, 0.3) is 5.91 Å². The average Bonchev–Trinajstić information content (AvgIpc) is 3.45. The van der Waals surface area contributed by atoms with Gasteiger partial charge in [0.1, 0.15) is 12.4 Å². The van der Waals surface area contributed by atoms with Crippen molar-refractivity contribution in [1.82, 2.24) is 20.5 Å². The summed E-state index contributed by atoms with van der Waals surface area (Å²) in [6, 6.07) is 18.9. The Morgan fingerprint density at radius 3 is 2.90 bits per heavy atom. The van der Waals surface area contributed by atoms with E-state index in [0.717, 1.165) is 27.6 Å². The number of hydrogen-bond acceptors (Lipinski definition) is 5. The van der Waals surface area contributed by atoms with Gasteiger partial charge >= 0.3 is 0 Å². The summed E-state index contributed by atoms with van der Waals surface area (Å²) in [6.45, 7) is 2.33. The Morgan fingerprint density at radius 2 is 2.10 bits per heavy atom. The number of rotatable bonds is 7. The maximum absolute atomic E-state index is 12.6. The number of aromatic nitrogens is 3. The summed E-state index contributed by atoms with van der Waals surface area (Å²) in [5.74, 6) is 0.505. The molecule has 0 aliphatic rings. The third-order valence-corrected chi connectivity index (χ3v) is 5.32. The van der Waals surface area contributed by atoms with Gasteiger partial charge in [0.2, 0.25) is 0 Å². The van der Waals surface area contributed by atoms with Gasteiger partial charge in [-0.05, 0) is 54.3 Å². The minimum absolute atomic E-state index is 0.192. The minimum atomic E-state index is -0.226. The Kier molecular flexibility index (Phi) is 5.67. The zero-order chi connectivity index (χ0) is 20.1. The van der Waals surface area contributed by atoms with E-state index in [9.17, 15) is 4.79 Å². The van der Waals surface area contributed by atoms with Crippen molar-refractivity contribution in [2.75, 3.05) is 0 Å². The first kappa shape index (κ1) is 18.9. The van der Waals surface area contributed by atoms with Crippen LogP contribution in [0.5, 0.6) is 5.75 Å². The van der Waals surface area contributed by atoms with E-state index in [1.54, 1.807) is 23.6 Å². The predicted octanol–water partition coefficient (Wildman–Crippen LogP) is 4.60. The molecule has 1 aromatic carbocycles. The Labute approximate surface area is 172 Å². The van der Waals surface area contributed by atoms with Crippen LogP contribution < -0.4 is 10.1 Å². The summed E-state index contributed by atoms with van der Waals surface area (Å²) >= 11 is 1.60. The van der Waals surface area contributed by atoms with Crippen LogP contribution in [0.2, 0.25) is 0 Å². The first-order chi connectivity index (χ1) is 14.2. The van der Waals surface area contributed by atoms with Gasteiger partial charge in [0, 0.05) is 6.20 Å². The lowest BCUT2D eigenvalue weighted by Crippen LogP contribution is -2.26. The molecule has 0 fully saturated rings. The van der Waals surface area contributed by atoms with Crippen molar-refractivity contribution in [2.45, 2.75) is 19.6 Å². The predicted molar refractivity (Wildman–Crippen MR) is 113 cm³/mol. The molecule has 1 amide bonds. The Bertz CT molecular complexity index is 1080. The van der Waals surface area contributed by atoms with E-state index in [4.69, 9.17) is 4.74 Å². The van der Waals surface area contributed by atoms with E-state index in [2.05, 4.69) is 20.5 Å². The molecule has 6 nitrogen and oxygen atoms in total. The molecule has 4 rings (SSSR count). The van der Waals surface area contributed by atoms with Crippen LogP contribution in [0.3, 0.4) is 0 Å².